The number of carbonyl (C=O) groups is 1. The number of Topliss-reactive ketones (excluding diaryl/α,β-unsaturated/α-hetero) is 1. The minimum absolute atomic E-state index is 0.0286. The Morgan fingerprint density at radius 1 is 1.07 bits per heavy atom. The maximum absolute atomic E-state index is 12.3. The third-order valence-electron chi connectivity index (χ3n) is 6.17. The minimum atomic E-state index is -0.0286. The molecule has 29 heavy (non-hydrogen) atoms. The van der Waals surface area contributed by atoms with Crippen LogP contribution in [0.2, 0.25) is 0 Å². The van der Waals surface area contributed by atoms with Crippen molar-refractivity contribution < 1.29 is 19.0 Å². The lowest BCUT2D eigenvalue weighted by molar-refractivity contribution is -0.121. The molecule has 0 heterocycles. The van der Waals surface area contributed by atoms with E-state index in [0.717, 1.165) is 38.5 Å². The molecule has 0 saturated heterocycles. The number of methoxy groups -OCH3 is 3. The lowest BCUT2D eigenvalue weighted by Gasteiger charge is -2.30. The summed E-state index contributed by atoms with van der Waals surface area (Å²) in [5.41, 5.74) is 2.81. The molecule has 1 aliphatic rings. The molecule has 1 aliphatic carbocycles. The lowest BCUT2D eigenvalue weighted by Crippen LogP contribution is -2.28. The molecule has 4 heteroatoms. The molecule has 0 aromatic heterocycles. The van der Waals surface area contributed by atoms with E-state index in [1.54, 1.807) is 14.2 Å². The van der Waals surface area contributed by atoms with Crippen LogP contribution in [0.4, 0.5) is 0 Å². The maximum Gasteiger partial charge on any atom is 0.201 e. The summed E-state index contributed by atoms with van der Waals surface area (Å²) >= 11 is 0. The highest BCUT2D eigenvalue weighted by Gasteiger charge is 2.34. The maximum atomic E-state index is 12.3. The van der Waals surface area contributed by atoms with Crippen LogP contribution in [0.25, 0.3) is 0 Å². The van der Waals surface area contributed by atoms with Crippen molar-refractivity contribution in [1.82, 2.24) is 0 Å². The summed E-state index contributed by atoms with van der Waals surface area (Å²) in [6, 6.07) is 0. The molecule has 0 bridgehead atoms. The van der Waals surface area contributed by atoms with E-state index < -0.39 is 0 Å². The van der Waals surface area contributed by atoms with E-state index in [4.69, 9.17) is 14.2 Å². The van der Waals surface area contributed by atoms with Gasteiger partial charge in [-0.25, -0.2) is 0 Å². The van der Waals surface area contributed by atoms with Crippen molar-refractivity contribution in [2.45, 2.75) is 85.2 Å². The van der Waals surface area contributed by atoms with Gasteiger partial charge in [0, 0.05) is 19.4 Å². The molecule has 0 radical (unpaired) electrons. The number of hydrogen-bond acceptors (Lipinski definition) is 4. The summed E-state index contributed by atoms with van der Waals surface area (Å²) in [7, 11) is 4.94. The van der Waals surface area contributed by atoms with Gasteiger partial charge in [0.1, 0.15) is 5.76 Å². The van der Waals surface area contributed by atoms with E-state index in [-0.39, 0.29) is 23.2 Å². The molecule has 1 rings (SSSR count). The molecule has 0 aromatic carbocycles. The fraction of sp³-hybridized carbons (Fsp3) is 0.720. The second-order valence-electron chi connectivity index (χ2n) is 8.97. The molecule has 166 valence electrons. The zero-order valence-corrected chi connectivity index (χ0v) is 19.9. The van der Waals surface area contributed by atoms with Gasteiger partial charge in [-0.1, -0.05) is 30.2 Å². The Bertz CT molecular complexity index is 625. The number of carbonyl (C=O) groups excluding carboxylic acids is 1. The Morgan fingerprint density at radius 2 is 1.72 bits per heavy atom. The van der Waals surface area contributed by atoms with Gasteiger partial charge in [-0.2, -0.15) is 0 Å². The molecule has 2 unspecified atom stereocenters. The molecule has 0 amide bonds. The van der Waals surface area contributed by atoms with Gasteiger partial charge in [-0.3, -0.25) is 4.79 Å². The highest BCUT2D eigenvalue weighted by molar-refractivity contribution is 5.95. The quantitative estimate of drug-likeness (QED) is 0.353. The molecule has 4 nitrogen and oxygen atoms in total. The van der Waals surface area contributed by atoms with Crippen molar-refractivity contribution in [1.29, 1.82) is 0 Å². The van der Waals surface area contributed by atoms with Gasteiger partial charge in [0.25, 0.3) is 0 Å². The van der Waals surface area contributed by atoms with Crippen molar-refractivity contribution >= 4 is 5.78 Å². The van der Waals surface area contributed by atoms with Gasteiger partial charge < -0.3 is 14.2 Å². The molecule has 2 atom stereocenters. The first-order chi connectivity index (χ1) is 13.6. The molecule has 0 aliphatic heterocycles. The van der Waals surface area contributed by atoms with Gasteiger partial charge in [0.2, 0.25) is 5.78 Å². The molecule has 0 N–H and O–H groups in total. The lowest BCUT2D eigenvalue weighted by atomic mass is 9.79. The van der Waals surface area contributed by atoms with Crippen molar-refractivity contribution in [3.63, 3.8) is 0 Å². The van der Waals surface area contributed by atoms with Crippen LogP contribution in [0.1, 0.15) is 79.6 Å². The van der Waals surface area contributed by atoms with Crippen LogP contribution in [0.3, 0.4) is 0 Å². The van der Waals surface area contributed by atoms with Crippen molar-refractivity contribution in [3.8, 4) is 0 Å². The van der Waals surface area contributed by atoms with E-state index in [2.05, 4.69) is 46.8 Å². The predicted molar refractivity (Wildman–Crippen MR) is 120 cm³/mol. The zero-order chi connectivity index (χ0) is 22.0. The fourth-order valence-corrected chi connectivity index (χ4v) is 3.84. The smallest absolute Gasteiger partial charge is 0.201 e. The SMILES string of the molecule is COC1=C(OC)C(C)C(C/C=C(\C)CC/C=C(\C)CCCC(C)(C)OC)CC1=O. The summed E-state index contributed by atoms with van der Waals surface area (Å²) in [5.74, 6) is 1.60. The van der Waals surface area contributed by atoms with Crippen LogP contribution in [0.15, 0.2) is 34.8 Å². The van der Waals surface area contributed by atoms with Crippen LogP contribution < -0.4 is 0 Å². The molecule has 0 fully saturated rings. The van der Waals surface area contributed by atoms with Crippen LogP contribution >= 0.6 is 0 Å². The topological polar surface area (TPSA) is 44.8 Å². The largest absolute Gasteiger partial charge is 0.497 e. The van der Waals surface area contributed by atoms with Gasteiger partial charge in [0.15, 0.2) is 5.76 Å². The number of ether oxygens (including phenoxy) is 3. The molecule has 0 saturated carbocycles. The summed E-state index contributed by atoms with van der Waals surface area (Å²) in [5, 5.41) is 0. The highest BCUT2D eigenvalue weighted by Crippen LogP contribution is 2.36. The fourth-order valence-electron chi connectivity index (χ4n) is 3.84. The normalized spacial score (nSPS) is 21.6. The van der Waals surface area contributed by atoms with Crippen LogP contribution in [0.5, 0.6) is 0 Å². The van der Waals surface area contributed by atoms with E-state index in [9.17, 15) is 4.79 Å². The van der Waals surface area contributed by atoms with Gasteiger partial charge >= 0.3 is 0 Å². The highest BCUT2D eigenvalue weighted by atomic mass is 16.5. The Labute approximate surface area is 178 Å². The van der Waals surface area contributed by atoms with Crippen LogP contribution in [0, 0.1) is 11.8 Å². The van der Waals surface area contributed by atoms with Gasteiger partial charge in [-0.15, -0.1) is 0 Å². The van der Waals surface area contributed by atoms with Crippen LogP contribution in [-0.4, -0.2) is 32.7 Å². The van der Waals surface area contributed by atoms with E-state index in [0.29, 0.717) is 17.9 Å². The average Bonchev–Trinajstić information content (AvgIpc) is 2.67. The second-order valence-corrected chi connectivity index (χ2v) is 8.97. The average molecular weight is 407 g/mol. The number of hydrogen-bond donors (Lipinski definition) is 0. The Balaban J connectivity index is 2.48. The van der Waals surface area contributed by atoms with Gasteiger partial charge in [0.05, 0.1) is 19.8 Å². The van der Waals surface area contributed by atoms with E-state index in [1.807, 2.05) is 0 Å². The molecule has 0 spiro atoms. The summed E-state index contributed by atoms with van der Waals surface area (Å²) in [4.78, 5) is 12.3. The second kappa shape index (κ2) is 12.2. The summed E-state index contributed by atoms with van der Waals surface area (Å²) in [6.45, 7) is 10.8. The Kier molecular flexibility index (Phi) is 10.7. The first-order valence-corrected chi connectivity index (χ1v) is 10.9. The minimum Gasteiger partial charge on any atom is -0.497 e. The predicted octanol–water partition coefficient (Wildman–Crippen LogP) is 6.37. The van der Waals surface area contributed by atoms with Crippen LogP contribution in [-0.2, 0) is 19.0 Å². The first-order valence-electron chi connectivity index (χ1n) is 10.9. The Morgan fingerprint density at radius 3 is 2.31 bits per heavy atom. The molecular weight excluding hydrogens is 364 g/mol. The number of ketones is 1. The summed E-state index contributed by atoms with van der Waals surface area (Å²) in [6.07, 6.45) is 11.6. The van der Waals surface area contributed by atoms with E-state index in [1.165, 1.54) is 18.3 Å². The first kappa shape index (κ1) is 25.5. The molecule has 0 aromatic rings. The third kappa shape index (κ3) is 8.38. The Hall–Kier alpha value is -1.55. The number of rotatable bonds is 12. The summed E-state index contributed by atoms with van der Waals surface area (Å²) < 4.78 is 16.2. The number of allylic oxidation sites excluding steroid dienone is 6. The zero-order valence-electron chi connectivity index (χ0n) is 19.9. The molecular formula is C25H42O4. The van der Waals surface area contributed by atoms with Crippen molar-refractivity contribution in [2.24, 2.45) is 11.8 Å². The van der Waals surface area contributed by atoms with E-state index >= 15 is 0 Å². The third-order valence-corrected chi connectivity index (χ3v) is 6.17. The van der Waals surface area contributed by atoms with Crippen molar-refractivity contribution in [3.05, 3.63) is 34.8 Å². The van der Waals surface area contributed by atoms with Crippen molar-refractivity contribution in [2.75, 3.05) is 21.3 Å². The monoisotopic (exact) mass is 406 g/mol. The standard InChI is InChI=1S/C25H42O4/c1-18(13-10-16-25(4,5)29-8)11-9-12-19(2)14-15-21-17-22(26)24(28-7)23(27-6)20(21)3/h11,14,20-21H,9-10,12-13,15-17H2,1-8H3/b18-11+,19-14+. The van der Waals surface area contributed by atoms with Gasteiger partial charge in [-0.05, 0) is 72.1 Å².